The molecule has 0 N–H and O–H groups in total. The fourth-order valence-electron chi connectivity index (χ4n) is 4.08. The SMILES string of the molecule is C=CC1CC(c2ccccc2OC)OC(c2ccccc2)N1S(=O)(=O)c1ccc(C)cc1. The van der Waals surface area contributed by atoms with Gasteiger partial charge in [-0.05, 0) is 37.1 Å². The van der Waals surface area contributed by atoms with Crippen LogP contribution in [0.3, 0.4) is 0 Å². The Bertz CT molecular complexity index is 1180. The van der Waals surface area contributed by atoms with Crippen molar-refractivity contribution in [1.29, 1.82) is 0 Å². The molecule has 0 bridgehead atoms. The van der Waals surface area contributed by atoms with Crippen molar-refractivity contribution >= 4 is 10.0 Å². The number of ether oxygens (including phenoxy) is 2. The van der Waals surface area contributed by atoms with E-state index in [1.807, 2.05) is 61.5 Å². The van der Waals surface area contributed by atoms with Crippen molar-refractivity contribution < 1.29 is 17.9 Å². The Morgan fingerprint density at radius 3 is 2.31 bits per heavy atom. The van der Waals surface area contributed by atoms with Crippen LogP contribution < -0.4 is 4.74 Å². The van der Waals surface area contributed by atoms with Gasteiger partial charge in [0, 0.05) is 11.6 Å². The molecule has 3 unspecified atom stereocenters. The van der Waals surface area contributed by atoms with Crippen LogP contribution in [0, 0.1) is 6.92 Å². The lowest BCUT2D eigenvalue weighted by Gasteiger charge is -2.43. The Kier molecular flexibility index (Phi) is 6.46. The summed E-state index contributed by atoms with van der Waals surface area (Å²) in [7, 11) is -2.23. The fraction of sp³-hybridized carbons (Fsp3) is 0.231. The first-order valence-electron chi connectivity index (χ1n) is 10.5. The molecule has 166 valence electrons. The number of para-hydroxylation sites is 1. The van der Waals surface area contributed by atoms with E-state index in [0.29, 0.717) is 12.2 Å². The van der Waals surface area contributed by atoms with Gasteiger partial charge < -0.3 is 9.47 Å². The van der Waals surface area contributed by atoms with Crippen molar-refractivity contribution in [3.8, 4) is 5.75 Å². The molecule has 1 heterocycles. The van der Waals surface area contributed by atoms with Gasteiger partial charge in [-0.3, -0.25) is 0 Å². The molecular weight excluding hydrogens is 422 g/mol. The summed E-state index contributed by atoms with van der Waals surface area (Å²) in [5.74, 6) is 0.710. The highest BCUT2D eigenvalue weighted by Gasteiger charge is 2.44. The maximum atomic E-state index is 13.8. The monoisotopic (exact) mass is 449 g/mol. The molecule has 0 radical (unpaired) electrons. The Balaban J connectivity index is 1.82. The molecule has 6 heteroatoms. The van der Waals surface area contributed by atoms with Gasteiger partial charge in [0.1, 0.15) is 5.75 Å². The summed E-state index contributed by atoms with van der Waals surface area (Å²) in [5, 5.41) is 0. The Hall–Kier alpha value is -2.93. The Morgan fingerprint density at radius 1 is 1.00 bits per heavy atom. The van der Waals surface area contributed by atoms with Crippen LogP contribution in [0.1, 0.15) is 35.4 Å². The summed E-state index contributed by atoms with van der Waals surface area (Å²) in [6.07, 6.45) is 0.947. The molecule has 0 aromatic heterocycles. The van der Waals surface area contributed by atoms with Crippen LogP contribution in [-0.4, -0.2) is 25.9 Å². The molecule has 1 aliphatic heterocycles. The normalized spacial score (nSPS) is 21.8. The second-order valence-corrected chi connectivity index (χ2v) is 9.66. The van der Waals surface area contributed by atoms with Gasteiger partial charge in [0.25, 0.3) is 0 Å². The number of sulfonamides is 1. The molecule has 0 amide bonds. The van der Waals surface area contributed by atoms with E-state index in [0.717, 1.165) is 16.7 Å². The Morgan fingerprint density at radius 2 is 1.66 bits per heavy atom. The number of benzene rings is 3. The highest BCUT2D eigenvalue weighted by molar-refractivity contribution is 7.89. The van der Waals surface area contributed by atoms with Crippen LogP contribution >= 0.6 is 0 Å². The first-order chi connectivity index (χ1) is 15.5. The zero-order valence-corrected chi connectivity index (χ0v) is 19.0. The van der Waals surface area contributed by atoms with Crippen LogP contribution in [0.2, 0.25) is 0 Å². The average molecular weight is 450 g/mol. The zero-order chi connectivity index (χ0) is 22.7. The highest BCUT2D eigenvalue weighted by atomic mass is 32.2. The molecule has 32 heavy (non-hydrogen) atoms. The number of hydrogen-bond donors (Lipinski definition) is 0. The topological polar surface area (TPSA) is 55.8 Å². The van der Waals surface area contributed by atoms with Crippen LogP contribution in [0.25, 0.3) is 0 Å². The van der Waals surface area contributed by atoms with Gasteiger partial charge in [-0.1, -0.05) is 72.3 Å². The summed E-state index contributed by atoms with van der Waals surface area (Å²) in [6.45, 7) is 5.89. The summed E-state index contributed by atoms with van der Waals surface area (Å²) < 4.78 is 41.1. The van der Waals surface area contributed by atoms with E-state index in [1.54, 1.807) is 37.5 Å². The van der Waals surface area contributed by atoms with Crippen LogP contribution in [-0.2, 0) is 14.8 Å². The van der Waals surface area contributed by atoms with Crippen molar-refractivity contribution in [3.63, 3.8) is 0 Å². The molecular formula is C26H27NO4S. The molecule has 3 atom stereocenters. The minimum atomic E-state index is -3.85. The molecule has 0 spiro atoms. The first kappa shape index (κ1) is 22.3. The largest absolute Gasteiger partial charge is 0.496 e. The maximum Gasteiger partial charge on any atom is 0.246 e. The predicted octanol–water partition coefficient (Wildman–Crippen LogP) is 5.41. The summed E-state index contributed by atoms with van der Waals surface area (Å²) in [4.78, 5) is 0.232. The second kappa shape index (κ2) is 9.28. The molecule has 4 rings (SSSR count). The van der Waals surface area contributed by atoms with E-state index in [4.69, 9.17) is 9.47 Å². The third-order valence-electron chi connectivity index (χ3n) is 5.75. The number of rotatable bonds is 6. The lowest BCUT2D eigenvalue weighted by Crippen LogP contribution is -2.47. The summed E-state index contributed by atoms with van der Waals surface area (Å²) in [6, 6.07) is 23.5. The van der Waals surface area contributed by atoms with Gasteiger partial charge in [0.05, 0.1) is 18.1 Å². The van der Waals surface area contributed by atoms with Crippen LogP contribution in [0.15, 0.2) is 96.4 Å². The molecule has 1 saturated heterocycles. The summed E-state index contributed by atoms with van der Waals surface area (Å²) in [5.41, 5.74) is 2.64. The van der Waals surface area contributed by atoms with Gasteiger partial charge >= 0.3 is 0 Å². The maximum absolute atomic E-state index is 13.8. The lowest BCUT2D eigenvalue weighted by atomic mass is 9.98. The van der Waals surface area contributed by atoms with Crippen molar-refractivity contribution in [3.05, 3.63) is 108 Å². The number of aryl methyl sites for hydroxylation is 1. The quantitative estimate of drug-likeness (QED) is 0.472. The molecule has 0 aliphatic carbocycles. The van der Waals surface area contributed by atoms with E-state index in [2.05, 4.69) is 6.58 Å². The first-order valence-corrected chi connectivity index (χ1v) is 12.0. The van der Waals surface area contributed by atoms with Gasteiger partial charge in [-0.15, -0.1) is 6.58 Å². The number of hydrogen-bond acceptors (Lipinski definition) is 4. The molecule has 1 fully saturated rings. The van der Waals surface area contributed by atoms with Crippen molar-refractivity contribution in [2.75, 3.05) is 7.11 Å². The standard InChI is InChI=1S/C26H27NO4S/c1-4-21-18-25(23-12-8-9-13-24(23)30-3)31-26(20-10-6-5-7-11-20)27(21)32(28,29)22-16-14-19(2)15-17-22/h4-17,21,25-26H,1,18H2,2-3H3. The van der Waals surface area contributed by atoms with Gasteiger partial charge in [0.15, 0.2) is 6.23 Å². The second-order valence-electron chi connectivity index (χ2n) is 7.82. The highest BCUT2D eigenvalue weighted by Crippen LogP contribution is 2.45. The van der Waals surface area contributed by atoms with Crippen molar-refractivity contribution in [1.82, 2.24) is 4.31 Å². The molecule has 0 saturated carbocycles. The minimum absolute atomic E-state index is 0.232. The minimum Gasteiger partial charge on any atom is -0.496 e. The van der Waals surface area contributed by atoms with Crippen LogP contribution in [0.4, 0.5) is 0 Å². The molecule has 3 aromatic carbocycles. The predicted molar refractivity (Wildman–Crippen MR) is 125 cm³/mol. The van der Waals surface area contributed by atoms with Crippen molar-refractivity contribution in [2.45, 2.75) is 36.6 Å². The average Bonchev–Trinajstić information content (AvgIpc) is 2.84. The van der Waals surface area contributed by atoms with Gasteiger partial charge in [-0.25, -0.2) is 8.42 Å². The van der Waals surface area contributed by atoms with E-state index >= 15 is 0 Å². The van der Waals surface area contributed by atoms with Gasteiger partial charge in [-0.2, -0.15) is 4.31 Å². The van der Waals surface area contributed by atoms with E-state index in [1.165, 1.54) is 4.31 Å². The van der Waals surface area contributed by atoms with E-state index < -0.39 is 22.3 Å². The van der Waals surface area contributed by atoms with Crippen LogP contribution in [0.5, 0.6) is 5.75 Å². The van der Waals surface area contributed by atoms with E-state index in [-0.39, 0.29) is 11.0 Å². The number of methoxy groups -OCH3 is 1. The van der Waals surface area contributed by atoms with Gasteiger partial charge in [0.2, 0.25) is 10.0 Å². The third kappa shape index (κ3) is 4.21. The zero-order valence-electron chi connectivity index (χ0n) is 18.2. The smallest absolute Gasteiger partial charge is 0.246 e. The van der Waals surface area contributed by atoms with E-state index in [9.17, 15) is 8.42 Å². The summed E-state index contributed by atoms with van der Waals surface area (Å²) >= 11 is 0. The molecule has 3 aromatic rings. The lowest BCUT2D eigenvalue weighted by molar-refractivity contribution is -0.125. The third-order valence-corrected chi connectivity index (χ3v) is 7.63. The molecule has 5 nitrogen and oxygen atoms in total. The fourth-order valence-corrected chi connectivity index (χ4v) is 5.76. The Labute approximate surface area is 190 Å². The molecule has 1 aliphatic rings. The van der Waals surface area contributed by atoms with Crippen molar-refractivity contribution in [2.24, 2.45) is 0 Å². The number of nitrogens with zero attached hydrogens (tertiary/aromatic N) is 1.